The fraction of sp³-hybridized carbons (Fsp3) is 0.455. The van der Waals surface area contributed by atoms with Crippen molar-refractivity contribution in [2.45, 2.75) is 45.5 Å². The van der Waals surface area contributed by atoms with Gasteiger partial charge in [-0.15, -0.1) is 0 Å². The lowest BCUT2D eigenvalue weighted by atomic mass is 10.2. The lowest BCUT2D eigenvalue weighted by Crippen LogP contribution is -2.40. The van der Waals surface area contributed by atoms with Crippen LogP contribution in [0.4, 0.5) is 0 Å². The van der Waals surface area contributed by atoms with Crippen molar-refractivity contribution in [1.82, 2.24) is 14.8 Å². The normalized spacial score (nSPS) is 12.5. The second-order valence-corrected chi connectivity index (χ2v) is 14.5. The summed E-state index contributed by atoms with van der Waals surface area (Å²) >= 11 is 3.58. The van der Waals surface area contributed by atoms with Gasteiger partial charge in [-0.05, 0) is 42.4 Å². The van der Waals surface area contributed by atoms with E-state index in [1.165, 1.54) is 0 Å². The zero-order valence-electron chi connectivity index (χ0n) is 18.5. The predicted octanol–water partition coefficient (Wildman–Crippen LogP) is 5.73. The first-order valence-corrected chi connectivity index (χ1v) is 13.7. The number of halogens is 1. The number of methoxy groups -OCH3 is 1. The topological polar surface area (TPSA) is 58.4 Å². The zero-order valence-corrected chi connectivity index (χ0v) is 21.1. The van der Waals surface area contributed by atoms with Crippen LogP contribution in [0.2, 0.25) is 18.1 Å². The zero-order chi connectivity index (χ0) is 21.9. The van der Waals surface area contributed by atoms with Gasteiger partial charge in [-0.1, -0.05) is 42.8 Å². The summed E-state index contributed by atoms with van der Waals surface area (Å²) in [5, 5.41) is 5.67. The molecule has 0 spiro atoms. The van der Waals surface area contributed by atoms with Crippen LogP contribution in [-0.2, 0) is 15.8 Å². The highest BCUT2D eigenvalue weighted by atomic mass is 79.9. The van der Waals surface area contributed by atoms with Crippen LogP contribution in [-0.4, -0.2) is 43.4 Å². The molecule has 3 rings (SSSR count). The summed E-state index contributed by atoms with van der Waals surface area (Å²) in [4.78, 5) is 4.81. The number of fused-ring (bicyclic) bond motifs is 1. The molecular weight excluding hydrogens is 462 g/mol. The third-order valence-electron chi connectivity index (χ3n) is 5.56. The molecule has 0 fully saturated rings. The average Bonchev–Trinajstić information content (AvgIpc) is 3.10. The van der Waals surface area contributed by atoms with Crippen molar-refractivity contribution in [2.24, 2.45) is 0 Å². The lowest BCUT2D eigenvalue weighted by molar-refractivity contribution is 0.147. The van der Waals surface area contributed by atoms with E-state index in [0.717, 1.165) is 32.6 Å². The Bertz CT molecular complexity index is 1010. The van der Waals surface area contributed by atoms with Crippen molar-refractivity contribution >= 4 is 35.2 Å². The maximum atomic E-state index is 6.34. The smallest absolute Gasteiger partial charge is 0.192 e. The molecule has 0 radical (unpaired) electrons. The van der Waals surface area contributed by atoms with Gasteiger partial charge in [0.25, 0.3) is 0 Å². The summed E-state index contributed by atoms with van der Waals surface area (Å²) in [6.07, 6.45) is 1.81. The molecule has 8 heteroatoms. The van der Waals surface area contributed by atoms with Crippen LogP contribution in [0.15, 0.2) is 41.0 Å². The van der Waals surface area contributed by atoms with E-state index in [4.69, 9.17) is 18.9 Å². The molecule has 2 aromatic heterocycles. The van der Waals surface area contributed by atoms with Gasteiger partial charge >= 0.3 is 0 Å². The second-order valence-electron chi connectivity index (χ2n) is 8.77. The van der Waals surface area contributed by atoms with E-state index in [9.17, 15) is 0 Å². The van der Waals surface area contributed by atoms with Crippen molar-refractivity contribution in [3.05, 3.63) is 46.7 Å². The number of rotatable bonds is 8. The maximum absolute atomic E-state index is 6.34. The van der Waals surface area contributed by atoms with E-state index in [2.05, 4.69) is 54.9 Å². The first kappa shape index (κ1) is 22.9. The van der Waals surface area contributed by atoms with Gasteiger partial charge in [0, 0.05) is 11.6 Å². The Kier molecular flexibility index (Phi) is 7.01. The van der Waals surface area contributed by atoms with E-state index in [-0.39, 0.29) is 5.04 Å². The fourth-order valence-electron chi connectivity index (χ4n) is 2.73. The van der Waals surface area contributed by atoms with Gasteiger partial charge in [0.05, 0.1) is 36.0 Å². The van der Waals surface area contributed by atoms with Crippen LogP contribution in [0.5, 0.6) is 5.75 Å². The minimum atomic E-state index is -1.84. The summed E-state index contributed by atoms with van der Waals surface area (Å²) in [6, 6.07) is 9.91. The average molecular weight is 492 g/mol. The Labute approximate surface area is 187 Å². The van der Waals surface area contributed by atoms with E-state index >= 15 is 0 Å². The first-order chi connectivity index (χ1) is 14.1. The fourth-order valence-corrected chi connectivity index (χ4v) is 4.10. The Morgan fingerprint density at radius 1 is 1.13 bits per heavy atom. The molecule has 0 saturated heterocycles. The summed E-state index contributed by atoms with van der Waals surface area (Å²) in [5.41, 5.74) is 1.82. The Balaban J connectivity index is 1.89. The molecule has 162 valence electrons. The van der Waals surface area contributed by atoms with Crippen LogP contribution < -0.4 is 4.74 Å². The van der Waals surface area contributed by atoms with Crippen molar-refractivity contribution in [3.8, 4) is 11.6 Å². The molecule has 2 heterocycles. The van der Waals surface area contributed by atoms with Gasteiger partial charge < -0.3 is 13.9 Å². The lowest BCUT2D eigenvalue weighted by Gasteiger charge is -2.36. The van der Waals surface area contributed by atoms with E-state index < -0.39 is 8.32 Å². The van der Waals surface area contributed by atoms with Crippen molar-refractivity contribution < 1.29 is 13.9 Å². The maximum Gasteiger partial charge on any atom is 0.192 e. The molecule has 30 heavy (non-hydrogen) atoms. The summed E-state index contributed by atoms with van der Waals surface area (Å²) in [6.45, 7) is 12.7. The van der Waals surface area contributed by atoms with E-state index in [0.29, 0.717) is 19.8 Å². The molecule has 0 saturated carbocycles. The number of nitrogens with zero attached hydrogens (tertiary/aromatic N) is 3. The molecule has 0 atom stereocenters. The molecular formula is C22H30BrN3O3Si. The number of pyridine rings is 1. The van der Waals surface area contributed by atoms with Crippen LogP contribution in [0.25, 0.3) is 16.7 Å². The van der Waals surface area contributed by atoms with Gasteiger partial charge in [0.15, 0.2) is 14.1 Å². The van der Waals surface area contributed by atoms with Crippen molar-refractivity contribution in [2.75, 3.05) is 20.3 Å². The molecule has 0 aliphatic rings. The minimum absolute atomic E-state index is 0.161. The largest absolute Gasteiger partial charge is 0.490 e. The van der Waals surface area contributed by atoms with Gasteiger partial charge in [0.1, 0.15) is 12.4 Å². The molecule has 0 N–H and O–H groups in total. The molecule has 0 aliphatic heterocycles. The summed E-state index contributed by atoms with van der Waals surface area (Å²) in [7, 11) is -0.183. The number of hydrogen-bond donors (Lipinski definition) is 0. The Morgan fingerprint density at radius 2 is 1.90 bits per heavy atom. The molecule has 0 unspecified atom stereocenters. The molecule has 6 nitrogen and oxygen atoms in total. The highest BCUT2D eigenvalue weighted by molar-refractivity contribution is 9.10. The van der Waals surface area contributed by atoms with Crippen LogP contribution in [0.1, 0.15) is 26.5 Å². The van der Waals surface area contributed by atoms with Crippen LogP contribution >= 0.6 is 15.9 Å². The van der Waals surface area contributed by atoms with Gasteiger partial charge in [-0.2, -0.15) is 5.10 Å². The van der Waals surface area contributed by atoms with Crippen LogP contribution in [0, 0.1) is 0 Å². The monoisotopic (exact) mass is 491 g/mol. The number of hydrogen-bond acceptors (Lipinski definition) is 5. The number of ether oxygens (including phenoxy) is 2. The summed E-state index contributed by atoms with van der Waals surface area (Å²) in [5.74, 6) is 1.52. The first-order valence-electron chi connectivity index (χ1n) is 10.0. The highest BCUT2D eigenvalue weighted by Crippen LogP contribution is 2.37. The third kappa shape index (κ3) is 5.11. The third-order valence-corrected chi connectivity index (χ3v) is 10.5. The van der Waals surface area contributed by atoms with Crippen molar-refractivity contribution in [1.29, 1.82) is 0 Å². The van der Waals surface area contributed by atoms with Gasteiger partial charge in [-0.25, -0.2) is 9.67 Å². The Hall–Kier alpha value is -1.74. The summed E-state index contributed by atoms with van der Waals surface area (Å²) < 4.78 is 20.1. The molecule has 0 bridgehead atoms. The Morgan fingerprint density at radius 3 is 2.60 bits per heavy atom. The predicted molar refractivity (Wildman–Crippen MR) is 126 cm³/mol. The highest BCUT2D eigenvalue weighted by Gasteiger charge is 2.37. The molecule has 3 aromatic rings. The van der Waals surface area contributed by atoms with Crippen LogP contribution in [0.3, 0.4) is 0 Å². The van der Waals surface area contributed by atoms with Gasteiger partial charge in [0.2, 0.25) is 0 Å². The van der Waals surface area contributed by atoms with E-state index in [1.54, 1.807) is 7.11 Å². The second kappa shape index (κ2) is 9.17. The van der Waals surface area contributed by atoms with E-state index in [1.807, 2.05) is 41.2 Å². The minimum Gasteiger partial charge on any atom is -0.490 e. The molecule has 1 aromatic carbocycles. The SMILES string of the molecule is COCCOc1cc(Br)cc2c1cnn2-c1cccc(CO[Si](C)(C)C(C)(C)C)n1. The molecule has 0 amide bonds. The molecule has 0 aliphatic carbocycles. The number of aromatic nitrogens is 3. The quantitative estimate of drug-likeness (QED) is 0.297. The van der Waals surface area contributed by atoms with Crippen molar-refractivity contribution in [3.63, 3.8) is 0 Å². The van der Waals surface area contributed by atoms with Gasteiger partial charge in [-0.3, -0.25) is 0 Å². The standard InChI is InChI=1S/C22H30BrN3O3Si/c1-22(2,3)30(5,6)29-15-17-8-7-9-21(25-17)26-19-12-16(23)13-20(18(19)14-24-26)28-11-10-27-4/h7-9,12-14H,10-11,15H2,1-6H3. The number of benzene rings is 1.